The van der Waals surface area contributed by atoms with Crippen LogP contribution in [-0.4, -0.2) is 57.2 Å². The molecular formula is C18H23N5O. The van der Waals surface area contributed by atoms with Gasteiger partial charge in [-0.2, -0.15) is 0 Å². The number of amides is 1. The lowest BCUT2D eigenvalue weighted by molar-refractivity contribution is 0.0705. The van der Waals surface area contributed by atoms with Crippen molar-refractivity contribution in [2.75, 3.05) is 26.7 Å². The number of carbonyl (C=O) groups excluding carboxylic acids is 1. The third kappa shape index (κ3) is 2.82. The van der Waals surface area contributed by atoms with E-state index < -0.39 is 0 Å². The van der Waals surface area contributed by atoms with Crippen molar-refractivity contribution in [1.82, 2.24) is 24.6 Å². The molecule has 1 aromatic heterocycles. The van der Waals surface area contributed by atoms with E-state index in [0.29, 0.717) is 19.0 Å². The molecule has 4 rings (SSSR count). The summed E-state index contributed by atoms with van der Waals surface area (Å²) in [7, 11) is 2.17. The van der Waals surface area contributed by atoms with Gasteiger partial charge >= 0.3 is 0 Å². The maximum atomic E-state index is 12.6. The Labute approximate surface area is 142 Å². The molecule has 1 fully saturated rings. The zero-order valence-corrected chi connectivity index (χ0v) is 14.1. The van der Waals surface area contributed by atoms with Crippen LogP contribution in [0.15, 0.2) is 30.3 Å². The van der Waals surface area contributed by atoms with Gasteiger partial charge in [-0.15, -0.1) is 10.2 Å². The summed E-state index contributed by atoms with van der Waals surface area (Å²) in [6.45, 7) is 4.26. The number of benzene rings is 1. The highest BCUT2D eigenvalue weighted by molar-refractivity contribution is 5.94. The minimum atomic E-state index is 0.0730. The molecule has 0 saturated carbocycles. The Morgan fingerprint density at radius 2 is 1.96 bits per heavy atom. The summed E-state index contributed by atoms with van der Waals surface area (Å²) in [5.41, 5.74) is 0.736. The molecule has 1 atom stereocenters. The van der Waals surface area contributed by atoms with E-state index in [4.69, 9.17) is 0 Å². The molecule has 2 aromatic rings. The van der Waals surface area contributed by atoms with Crippen LogP contribution >= 0.6 is 0 Å². The molecule has 0 spiro atoms. The van der Waals surface area contributed by atoms with E-state index in [-0.39, 0.29) is 5.91 Å². The van der Waals surface area contributed by atoms with E-state index in [0.717, 1.165) is 36.8 Å². The quantitative estimate of drug-likeness (QED) is 0.844. The number of rotatable bonds is 2. The van der Waals surface area contributed by atoms with Gasteiger partial charge in [-0.1, -0.05) is 18.2 Å². The second kappa shape index (κ2) is 6.36. The van der Waals surface area contributed by atoms with Crippen LogP contribution in [0.2, 0.25) is 0 Å². The topological polar surface area (TPSA) is 54.3 Å². The van der Waals surface area contributed by atoms with E-state index in [1.54, 1.807) is 0 Å². The van der Waals surface area contributed by atoms with Crippen LogP contribution in [0.25, 0.3) is 0 Å². The van der Waals surface area contributed by atoms with Crippen molar-refractivity contribution in [2.45, 2.75) is 31.8 Å². The van der Waals surface area contributed by atoms with Crippen molar-refractivity contribution in [3.05, 3.63) is 47.5 Å². The number of likely N-dealkylation sites (tertiary alicyclic amines) is 1. The Bertz CT molecular complexity index is 726. The van der Waals surface area contributed by atoms with Crippen molar-refractivity contribution >= 4 is 5.91 Å². The average molecular weight is 325 g/mol. The second-order valence-electron chi connectivity index (χ2n) is 6.82. The Morgan fingerprint density at radius 1 is 1.12 bits per heavy atom. The summed E-state index contributed by atoms with van der Waals surface area (Å²) in [4.78, 5) is 16.9. The van der Waals surface area contributed by atoms with Gasteiger partial charge < -0.3 is 14.4 Å². The van der Waals surface area contributed by atoms with Gasteiger partial charge in [0.1, 0.15) is 5.82 Å². The summed E-state index contributed by atoms with van der Waals surface area (Å²) in [6, 6.07) is 9.46. The molecule has 2 aliphatic rings. The van der Waals surface area contributed by atoms with E-state index in [2.05, 4.69) is 26.7 Å². The van der Waals surface area contributed by atoms with Crippen LogP contribution in [0.4, 0.5) is 0 Å². The lowest BCUT2D eigenvalue weighted by atomic mass is 9.97. The number of aromatic nitrogens is 3. The summed E-state index contributed by atoms with van der Waals surface area (Å²) >= 11 is 0. The predicted octanol–water partition coefficient (Wildman–Crippen LogP) is 1.74. The number of hydrogen-bond acceptors (Lipinski definition) is 4. The van der Waals surface area contributed by atoms with Crippen LogP contribution in [-0.2, 0) is 13.1 Å². The van der Waals surface area contributed by atoms with Crippen LogP contribution < -0.4 is 0 Å². The Hall–Kier alpha value is -2.21. The van der Waals surface area contributed by atoms with Crippen molar-refractivity contribution < 1.29 is 4.79 Å². The largest absolute Gasteiger partial charge is 0.329 e. The molecule has 1 saturated heterocycles. The first-order chi connectivity index (χ1) is 11.7. The van der Waals surface area contributed by atoms with Gasteiger partial charge in [0, 0.05) is 31.1 Å². The number of carbonyl (C=O) groups is 1. The average Bonchev–Trinajstić information content (AvgIpc) is 3.05. The van der Waals surface area contributed by atoms with Crippen LogP contribution in [0.3, 0.4) is 0 Å². The van der Waals surface area contributed by atoms with Crippen molar-refractivity contribution in [2.24, 2.45) is 0 Å². The van der Waals surface area contributed by atoms with E-state index in [1.165, 1.54) is 12.8 Å². The fourth-order valence-corrected chi connectivity index (χ4v) is 3.80. The molecule has 0 bridgehead atoms. The first kappa shape index (κ1) is 15.3. The number of fused-ring (bicyclic) bond motifs is 1. The summed E-state index contributed by atoms with van der Waals surface area (Å²) < 4.78 is 2.23. The van der Waals surface area contributed by atoms with Gasteiger partial charge in [-0.25, -0.2) is 0 Å². The highest BCUT2D eigenvalue weighted by atomic mass is 16.2. The molecule has 24 heavy (non-hydrogen) atoms. The lowest BCUT2D eigenvalue weighted by Crippen LogP contribution is -2.39. The SMILES string of the molecule is CN1CCCC(c2nnc3n2CCN(C(=O)c2ccccc2)C3)C1. The lowest BCUT2D eigenvalue weighted by Gasteiger charge is -2.32. The molecule has 0 aliphatic carbocycles. The summed E-state index contributed by atoms with van der Waals surface area (Å²) in [6.07, 6.45) is 2.39. The summed E-state index contributed by atoms with van der Waals surface area (Å²) in [5, 5.41) is 8.85. The Morgan fingerprint density at radius 3 is 2.75 bits per heavy atom. The first-order valence-electron chi connectivity index (χ1n) is 8.67. The van der Waals surface area contributed by atoms with Crippen LogP contribution in [0.5, 0.6) is 0 Å². The zero-order chi connectivity index (χ0) is 16.5. The first-order valence-corrected chi connectivity index (χ1v) is 8.67. The fourth-order valence-electron chi connectivity index (χ4n) is 3.80. The smallest absolute Gasteiger partial charge is 0.254 e. The minimum absolute atomic E-state index is 0.0730. The molecule has 1 unspecified atom stereocenters. The Kier molecular flexibility index (Phi) is 4.06. The molecule has 3 heterocycles. The summed E-state index contributed by atoms with van der Waals surface area (Å²) in [5.74, 6) is 2.54. The molecule has 2 aliphatic heterocycles. The maximum absolute atomic E-state index is 12.6. The third-order valence-electron chi connectivity index (χ3n) is 5.08. The predicted molar refractivity (Wildman–Crippen MR) is 90.7 cm³/mol. The minimum Gasteiger partial charge on any atom is -0.329 e. The Balaban J connectivity index is 1.51. The highest BCUT2D eigenvalue weighted by Gasteiger charge is 2.29. The molecule has 126 valence electrons. The van der Waals surface area contributed by atoms with Gasteiger partial charge in [0.15, 0.2) is 5.82 Å². The van der Waals surface area contributed by atoms with E-state index in [1.807, 2.05) is 35.2 Å². The number of piperidine rings is 1. The van der Waals surface area contributed by atoms with Crippen molar-refractivity contribution in [3.63, 3.8) is 0 Å². The maximum Gasteiger partial charge on any atom is 0.254 e. The van der Waals surface area contributed by atoms with E-state index >= 15 is 0 Å². The molecule has 6 nitrogen and oxygen atoms in total. The monoisotopic (exact) mass is 325 g/mol. The van der Waals surface area contributed by atoms with Gasteiger partial charge in [0.05, 0.1) is 6.54 Å². The van der Waals surface area contributed by atoms with Gasteiger partial charge in [0.2, 0.25) is 0 Å². The fraction of sp³-hybridized carbons (Fsp3) is 0.500. The zero-order valence-electron chi connectivity index (χ0n) is 14.1. The molecule has 0 N–H and O–H groups in total. The van der Waals surface area contributed by atoms with Gasteiger partial charge in [-0.3, -0.25) is 4.79 Å². The normalized spacial score (nSPS) is 21.5. The molecule has 1 amide bonds. The standard InChI is InChI=1S/C18H23N5O/c1-21-9-5-8-15(12-21)17-20-19-16-13-22(10-11-23(16)17)18(24)14-6-3-2-4-7-14/h2-4,6-7,15H,5,8-13H2,1H3. The molecule has 1 aromatic carbocycles. The van der Waals surface area contributed by atoms with Gasteiger partial charge in [-0.05, 0) is 38.6 Å². The highest BCUT2D eigenvalue weighted by Crippen LogP contribution is 2.27. The molecule has 6 heteroatoms. The van der Waals surface area contributed by atoms with Crippen molar-refractivity contribution in [1.29, 1.82) is 0 Å². The number of likely N-dealkylation sites (N-methyl/N-ethyl adjacent to an activating group) is 1. The number of hydrogen-bond donors (Lipinski definition) is 0. The number of nitrogens with zero attached hydrogens (tertiary/aromatic N) is 5. The van der Waals surface area contributed by atoms with Crippen LogP contribution in [0.1, 0.15) is 40.8 Å². The second-order valence-corrected chi connectivity index (χ2v) is 6.82. The van der Waals surface area contributed by atoms with E-state index in [9.17, 15) is 4.79 Å². The van der Waals surface area contributed by atoms with Gasteiger partial charge in [0.25, 0.3) is 5.91 Å². The van der Waals surface area contributed by atoms with Crippen LogP contribution in [0, 0.1) is 0 Å². The molecule has 0 radical (unpaired) electrons. The molecular weight excluding hydrogens is 302 g/mol. The van der Waals surface area contributed by atoms with Crippen molar-refractivity contribution in [3.8, 4) is 0 Å². The third-order valence-corrected chi connectivity index (χ3v) is 5.08.